The summed E-state index contributed by atoms with van der Waals surface area (Å²) in [5.41, 5.74) is 3.09. The summed E-state index contributed by atoms with van der Waals surface area (Å²) in [5, 5.41) is 7.73. The van der Waals surface area contributed by atoms with Crippen LogP contribution in [-0.2, 0) is 29.1 Å². The summed E-state index contributed by atoms with van der Waals surface area (Å²) in [6.07, 6.45) is 5.67. The van der Waals surface area contributed by atoms with Crippen LogP contribution in [-0.4, -0.2) is 27.9 Å². The monoisotopic (exact) mass is 412 g/mol. The molecule has 0 spiro atoms. The number of hydrogen-bond acceptors (Lipinski definition) is 3. The third-order valence-corrected chi connectivity index (χ3v) is 5.08. The van der Waals surface area contributed by atoms with Crippen LogP contribution in [0.1, 0.15) is 16.7 Å². The van der Waals surface area contributed by atoms with Crippen LogP contribution in [0.15, 0.2) is 85.5 Å². The fourth-order valence-corrected chi connectivity index (χ4v) is 3.55. The van der Waals surface area contributed by atoms with Gasteiger partial charge in [-0.05, 0) is 27.5 Å². The van der Waals surface area contributed by atoms with Gasteiger partial charge in [0.05, 0.1) is 19.3 Å². The molecule has 0 aliphatic carbocycles. The van der Waals surface area contributed by atoms with E-state index in [0.29, 0.717) is 6.54 Å². The number of carbonyl (C=O) groups excluding carboxylic acids is 2. The van der Waals surface area contributed by atoms with Crippen molar-refractivity contribution in [3.8, 4) is 0 Å². The molecule has 0 unspecified atom stereocenters. The van der Waals surface area contributed by atoms with Crippen molar-refractivity contribution in [1.82, 2.24) is 20.2 Å². The molecule has 0 atom stereocenters. The van der Waals surface area contributed by atoms with Crippen LogP contribution in [0.4, 0.5) is 0 Å². The van der Waals surface area contributed by atoms with Crippen molar-refractivity contribution in [2.24, 2.45) is 0 Å². The molecule has 1 heterocycles. The SMILES string of the molecule is O=C(CNC(=O)Cc1cccc2ccccc12)NCc1cccc(Cn2ccnc2)c1. The Kier molecular flexibility index (Phi) is 6.38. The largest absolute Gasteiger partial charge is 0.350 e. The first-order valence-corrected chi connectivity index (χ1v) is 10.2. The number of fused-ring (bicyclic) bond motifs is 1. The third kappa shape index (κ3) is 5.57. The molecule has 0 aliphatic heterocycles. The number of amides is 2. The Morgan fingerprint density at radius 3 is 2.55 bits per heavy atom. The van der Waals surface area contributed by atoms with Gasteiger partial charge in [-0.2, -0.15) is 0 Å². The van der Waals surface area contributed by atoms with Crippen molar-refractivity contribution >= 4 is 22.6 Å². The van der Waals surface area contributed by atoms with Gasteiger partial charge < -0.3 is 15.2 Å². The van der Waals surface area contributed by atoms with Gasteiger partial charge in [-0.25, -0.2) is 4.98 Å². The maximum atomic E-state index is 12.3. The van der Waals surface area contributed by atoms with Gasteiger partial charge in [-0.3, -0.25) is 9.59 Å². The number of rotatable bonds is 8. The van der Waals surface area contributed by atoms with Crippen molar-refractivity contribution in [3.63, 3.8) is 0 Å². The Bertz CT molecular complexity index is 1180. The molecule has 4 rings (SSSR count). The van der Waals surface area contributed by atoms with E-state index in [1.54, 1.807) is 12.5 Å². The van der Waals surface area contributed by atoms with Crippen LogP contribution in [0.25, 0.3) is 10.8 Å². The molecule has 6 nitrogen and oxygen atoms in total. The fraction of sp³-hybridized carbons (Fsp3) is 0.160. The van der Waals surface area contributed by atoms with Crippen LogP contribution >= 0.6 is 0 Å². The Hall–Kier alpha value is -3.93. The number of aromatic nitrogens is 2. The molecule has 156 valence electrons. The average molecular weight is 412 g/mol. The fourth-order valence-electron chi connectivity index (χ4n) is 3.55. The number of hydrogen-bond donors (Lipinski definition) is 2. The smallest absolute Gasteiger partial charge is 0.239 e. The average Bonchev–Trinajstić information content (AvgIpc) is 3.30. The van der Waals surface area contributed by atoms with Gasteiger partial charge in [-0.1, -0.05) is 66.7 Å². The molecule has 1 aromatic heterocycles. The molecule has 6 heteroatoms. The number of benzene rings is 3. The molecule has 0 aliphatic rings. The second kappa shape index (κ2) is 9.71. The second-order valence-electron chi connectivity index (χ2n) is 7.42. The zero-order valence-electron chi connectivity index (χ0n) is 17.1. The Morgan fingerprint density at radius 2 is 1.68 bits per heavy atom. The highest BCUT2D eigenvalue weighted by atomic mass is 16.2. The molecule has 0 saturated heterocycles. The molecule has 0 bridgehead atoms. The first-order chi connectivity index (χ1) is 15.2. The van der Waals surface area contributed by atoms with Gasteiger partial charge in [0, 0.05) is 25.5 Å². The normalized spacial score (nSPS) is 10.7. The van der Waals surface area contributed by atoms with Gasteiger partial charge in [0.1, 0.15) is 0 Å². The zero-order chi connectivity index (χ0) is 21.5. The van der Waals surface area contributed by atoms with E-state index < -0.39 is 0 Å². The summed E-state index contributed by atoms with van der Waals surface area (Å²) in [7, 11) is 0. The molecular formula is C25H24N4O2. The highest BCUT2D eigenvalue weighted by Gasteiger charge is 2.09. The van der Waals surface area contributed by atoms with Crippen LogP contribution in [0, 0.1) is 0 Å². The van der Waals surface area contributed by atoms with Crippen molar-refractivity contribution < 1.29 is 9.59 Å². The number of nitrogens with one attached hydrogen (secondary N) is 2. The summed E-state index contributed by atoms with van der Waals surface area (Å²) >= 11 is 0. The van der Waals surface area contributed by atoms with Crippen LogP contribution in [0.3, 0.4) is 0 Å². The van der Waals surface area contributed by atoms with E-state index in [1.165, 1.54) is 0 Å². The predicted octanol–water partition coefficient (Wildman–Crippen LogP) is 3.06. The van der Waals surface area contributed by atoms with Gasteiger partial charge in [0.25, 0.3) is 0 Å². The summed E-state index contributed by atoms with van der Waals surface area (Å²) in [6, 6.07) is 21.9. The summed E-state index contributed by atoms with van der Waals surface area (Å²) in [5.74, 6) is -0.389. The Labute approximate surface area is 180 Å². The van der Waals surface area contributed by atoms with Gasteiger partial charge >= 0.3 is 0 Å². The first-order valence-electron chi connectivity index (χ1n) is 10.2. The number of nitrogens with zero attached hydrogens (tertiary/aromatic N) is 2. The molecule has 31 heavy (non-hydrogen) atoms. The van der Waals surface area contributed by atoms with Crippen molar-refractivity contribution in [3.05, 3.63) is 102 Å². The van der Waals surface area contributed by atoms with E-state index in [-0.39, 0.29) is 24.8 Å². The molecule has 4 aromatic rings. The minimum Gasteiger partial charge on any atom is -0.350 e. The quantitative estimate of drug-likeness (QED) is 0.467. The molecular weight excluding hydrogens is 388 g/mol. The number of imidazole rings is 1. The van der Waals surface area contributed by atoms with Crippen molar-refractivity contribution in [1.29, 1.82) is 0 Å². The van der Waals surface area contributed by atoms with Crippen LogP contribution < -0.4 is 10.6 Å². The van der Waals surface area contributed by atoms with Crippen molar-refractivity contribution in [2.75, 3.05) is 6.54 Å². The molecule has 3 aromatic carbocycles. The van der Waals surface area contributed by atoms with E-state index in [2.05, 4.69) is 21.7 Å². The van der Waals surface area contributed by atoms with E-state index in [4.69, 9.17) is 0 Å². The second-order valence-corrected chi connectivity index (χ2v) is 7.42. The molecule has 2 N–H and O–H groups in total. The van der Waals surface area contributed by atoms with E-state index in [1.807, 2.05) is 71.4 Å². The molecule has 0 radical (unpaired) electrons. The summed E-state index contributed by atoms with van der Waals surface area (Å²) in [6.45, 7) is 1.10. The predicted molar refractivity (Wildman–Crippen MR) is 120 cm³/mol. The van der Waals surface area contributed by atoms with Crippen LogP contribution in [0.2, 0.25) is 0 Å². The lowest BCUT2D eigenvalue weighted by Crippen LogP contribution is -2.37. The topological polar surface area (TPSA) is 76.0 Å². The Balaban J connectivity index is 1.25. The Morgan fingerprint density at radius 1 is 0.871 bits per heavy atom. The third-order valence-electron chi connectivity index (χ3n) is 5.08. The van der Waals surface area contributed by atoms with E-state index in [0.717, 1.165) is 34.0 Å². The minimum atomic E-state index is -0.216. The maximum Gasteiger partial charge on any atom is 0.239 e. The maximum absolute atomic E-state index is 12.3. The molecule has 0 fully saturated rings. The highest BCUT2D eigenvalue weighted by molar-refractivity contribution is 5.91. The first kappa shape index (κ1) is 20.3. The summed E-state index contributed by atoms with van der Waals surface area (Å²) in [4.78, 5) is 28.6. The van der Waals surface area contributed by atoms with Crippen molar-refractivity contribution in [2.45, 2.75) is 19.5 Å². The van der Waals surface area contributed by atoms with Crippen LogP contribution in [0.5, 0.6) is 0 Å². The van der Waals surface area contributed by atoms with Gasteiger partial charge in [-0.15, -0.1) is 0 Å². The highest BCUT2D eigenvalue weighted by Crippen LogP contribution is 2.18. The van der Waals surface area contributed by atoms with E-state index in [9.17, 15) is 9.59 Å². The minimum absolute atomic E-state index is 0.0433. The lowest BCUT2D eigenvalue weighted by atomic mass is 10.0. The zero-order valence-corrected chi connectivity index (χ0v) is 17.1. The van der Waals surface area contributed by atoms with Gasteiger partial charge in [0.2, 0.25) is 11.8 Å². The van der Waals surface area contributed by atoms with Gasteiger partial charge in [0.15, 0.2) is 0 Å². The van der Waals surface area contributed by atoms with E-state index >= 15 is 0 Å². The molecule has 2 amide bonds. The standard InChI is InChI=1S/C25H24N4O2/c30-24(14-22-9-4-8-21-7-1-2-10-23(21)22)28-16-25(31)27-15-19-5-3-6-20(13-19)17-29-12-11-26-18-29/h1-13,18H,14-17H2,(H,27,31)(H,28,30). The molecule has 0 saturated carbocycles. The summed E-state index contributed by atoms with van der Waals surface area (Å²) < 4.78 is 1.99. The lowest BCUT2D eigenvalue weighted by Gasteiger charge is -2.10. The number of carbonyl (C=O) groups is 2. The lowest BCUT2D eigenvalue weighted by molar-refractivity contribution is -0.125.